The molecule has 1 heterocycles. The second-order valence-electron chi connectivity index (χ2n) is 4.69. The maximum absolute atomic E-state index is 4.66. The SMILES string of the molecule is CC(C)CCNCc1nc2c(s1)CCC2. The van der Waals surface area contributed by atoms with Gasteiger partial charge in [-0.2, -0.15) is 0 Å². The lowest BCUT2D eigenvalue weighted by molar-refractivity contribution is 0.537. The van der Waals surface area contributed by atoms with Crippen molar-refractivity contribution in [3.63, 3.8) is 0 Å². The van der Waals surface area contributed by atoms with Crippen molar-refractivity contribution >= 4 is 11.3 Å². The maximum atomic E-state index is 4.66. The molecule has 0 fully saturated rings. The van der Waals surface area contributed by atoms with Crippen LogP contribution in [-0.4, -0.2) is 11.5 Å². The van der Waals surface area contributed by atoms with Gasteiger partial charge in [0.15, 0.2) is 0 Å². The zero-order valence-corrected chi connectivity index (χ0v) is 10.5. The molecule has 2 rings (SSSR count). The van der Waals surface area contributed by atoms with Crippen LogP contribution in [0.3, 0.4) is 0 Å². The van der Waals surface area contributed by atoms with Gasteiger partial charge in [0.05, 0.1) is 5.69 Å². The molecule has 1 aromatic rings. The summed E-state index contributed by atoms with van der Waals surface area (Å²) in [5.74, 6) is 0.791. The highest BCUT2D eigenvalue weighted by Crippen LogP contribution is 2.27. The second-order valence-corrected chi connectivity index (χ2v) is 5.86. The molecule has 1 N–H and O–H groups in total. The van der Waals surface area contributed by atoms with Gasteiger partial charge < -0.3 is 5.32 Å². The first-order valence-corrected chi connectivity index (χ1v) is 6.75. The third-order valence-corrected chi connectivity index (χ3v) is 3.97. The van der Waals surface area contributed by atoms with Crippen molar-refractivity contribution in [3.05, 3.63) is 15.6 Å². The zero-order chi connectivity index (χ0) is 10.7. The lowest BCUT2D eigenvalue weighted by Crippen LogP contribution is -2.16. The Labute approximate surface area is 96.1 Å². The van der Waals surface area contributed by atoms with Crippen molar-refractivity contribution in [2.45, 2.75) is 46.1 Å². The first kappa shape index (κ1) is 11.1. The maximum Gasteiger partial charge on any atom is 0.107 e. The normalized spacial score (nSPS) is 14.9. The summed E-state index contributed by atoms with van der Waals surface area (Å²) in [6.07, 6.45) is 5.04. The molecule has 1 aliphatic carbocycles. The molecule has 0 bridgehead atoms. The lowest BCUT2D eigenvalue weighted by atomic mass is 10.1. The van der Waals surface area contributed by atoms with Crippen LogP contribution in [0.2, 0.25) is 0 Å². The van der Waals surface area contributed by atoms with Gasteiger partial charge in [-0.3, -0.25) is 0 Å². The van der Waals surface area contributed by atoms with Crippen molar-refractivity contribution in [2.24, 2.45) is 5.92 Å². The van der Waals surface area contributed by atoms with Crippen molar-refractivity contribution in [1.29, 1.82) is 0 Å². The first-order valence-electron chi connectivity index (χ1n) is 5.94. The zero-order valence-electron chi connectivity index (χ0n) is 9.68. The van der Waals surface area contributed by atoms with E-state index in [9.17, 15) is 0 Å². The number of thiazole rings is 1. The van der Waals surface area contributed by atoms with Gasteiger partial charge in [0.2, 0.25) is 0 Å². The summed E-state index contributed by atoms with van der Waals surface area (Å²) in [5, 5.41) is 4.75. The van der Waals surface area contributed by atoms with Gasteiger partial charge in [-0.15, -0.1) is 11.3 Å². The van der Waals surface area contributed by atoms with Crippen molar-refractivity contribution in [1.82, 2.24) is 10.3 Å². The summed E-state index contributed by atoms with van der Waals surface area (Å²) in [7, 11) is 0. The van der Waals surface area contributed by atoms with Gasteiger partial charge >= 0.3 is 0 Å². The fourth-order valence-corrected chi connectivity index (χ4v) is 3.03. The Bertz CT molecular complexity index is 296. The van der Waals surface area contributed by atoms with Gasteiger partial charge in [0.25, 0.3) is 0 Å². The topological polar surface area (TPSA) is 24.9 Å². The van der Waals surface area contributed by atoms with Crippen molar-refractivity contribution in [3.8, 4) is 0 Å². The van der Waals surface area contributed by atoms with Gasteiger partial charge in [-0.05, 0) is 38.1 Å². The van der Waals surface area contributed by atoms with E-state index in [2.05, 4.69) is 24.1 Å². The Morgan fingerprint density at radius 2 is 2.27 bits per heavy atom. The minimum absolute atomic E-state index is 0.791. The standard InChI is InChI=1S/C12H20N2S/c1-9(2)6-7-13-8-12-14-10-4-3-5-11(10)15-12/h9,13H,3-8H2,1-2H3. The Hall–Kier alpha value is -0.410. The Kier molecular flexibility index (Phi) is 3.76. The summed E-state index contributed by atoms with van der Waals surface area (Å²) in [4.78, 5) is 6.20. The fourth-order valence-electron chi connectivity index (χ4n) is 1.91. The number of hydrogen-bond acceptors (Lipinski definition) is 3. The molecule has 0 saturated carbocycles. The molecule has 0 radical (unpaired) electrons. The largest absolute Gasteiger partial charge is 0.310 e. The molecule has 1 aliphatic rings. The van der Waals surface area contributed by atoms with Gasteiger partial charge in [0.1, 0.15) is 5.01 Å². The van der Waals surface area contributed by atoms with Crippen molar-refractivity contribution < 1.29 is 0 Å². The van der Waals surface area contributed by atoms with Crippen LogP contribution < -0.4 is 5.32 Å². The molecular formula is C12H20N2S. The van der Waals surface area contributed by atoms with Crippen LogP contribution in [0, 0.1) is 5.92 Å². The van der Waals surface area contributed by atoms with E-state index in [0.29, 0.717) is 0 Å². The molecule has 0 spiro atoms. The average molecular weight is 224 g/mol. The molecule has 3 heteroatoms. The van der Waals surface area contributed by atoms with E-state index in [1.165, 1.54) is 41.3 Å². The van der Waals surface area contributed by atoms with E-state index in [-0.39, 0.29) is 0 Å². The minimum atomic E-state index is 0.791. The van der Waals surface area contributed by atoms with Gasteiger partial charge in [-0.25, -0.2) is 4.98 Å². The van der Waals surface area contributed by atoms with E-state index in [4.69, 9.17) is 0 Å². The van der Waals surface area contributed by atoms with E-state index in [1.807, 2.05) is 11.3 Å². The highest BCUT2D eigenvalue weighted by Gasteiger charge is 2.15. The van der Waals surface area contributed by atoms with Crippen LogP contribution >= 0.6 is 11.3 Å². The van der Waals surface area contributed by atoms with Crippen LogP contribution in [0.4, 0.5) is 0 Å². The molecule has 0 aliphatic heterocycles. The smallest absolute Gasteiger partial charge is 0.107 e. The number of fused-ring (bicyclic) bond motifs is 1. The number of aryl methyl sites for hydroxylation is 2. The first-order chi connectivity index (χ1) is 7.25. The Balaban J connectivity index is 1.74. The predicted octanol–water partition coefficient (Wildman–Crippen LogP) is 2.77. The molecular weight excluding hydrogens is 204 g/mol. The highest BCUT2D eigenvalue weighted by atomic mass is 32.1. The van der Waals surface area contributed by atoms with Gasteiger partial charge in [-0.1, -0.05) is 13.8 Å². The predicted molar refractivity (Wildman–Crippen MR) is 65.3 cm³/mol. The third kappa shape index (κ3) is 3.02. The molecule has 84 valence electrons. The molecule has 0 aromatic carbocycles. The highest BCUT2D eigenvalue weighted by molar-refractivity contribution is 7.11. The van der Waals surface area contributed by atoms with Crippen LogP contribution in [-0.2, 0) is 19.4 Å². The third-order valence-electron chi connectivity index (χ3n) is 2.81. The molecule has 0 unspecified atom stereocenters. The summed E-state index contributed by atoms with van der Waals surface area (Å²) < 4.78 is 0. The molecule has 0 amide bonds. The number of nitrogens with one attached hydrogen (secondary N) is 1. The minimum Gasteiger partial charge on any atom is -0.310 e. The number of hydrogen-bond donors (Lipinski definition) is 1. The van der Waals surface area contributed by atoms with Crippen LogP contribution in [0.1, 0.15) is 42.3 Å². The van der Waals surface area contributed by atoms with Crippen molar-refractivity contribution in [2.75, 3.05) is 6.54 Å². The Morgan fingerprint density at radius 3 is 3.00 bits per heavy atom. The summed E-state index contributed by atoms with van der Waals surface area (Å²) >= 11 is 1.91. The summed E-state index contributed by atoms with van der Waals surface area (Å²) in [5.41, 5.74) is 1.38. The van der Waals surface area contributed by atoms with E-state index >= 15 is 0 Å². The van der Waals surface area contributed by atoms with E-state index in [0.717, 1.165) is 19.0 Å². The van der Waals surface area contributed by atoms with E-state index in [1.54, 1.807) is 0 Å². The molecule has 0 atom stereocenters. The number of rotatable bonds is 5. The monoisotopic (exact) mass is 224 g/mol. The quantitative estimate of drug-likeness (QED) is 0.778. The number of nitrogens with zero attached hydrogens (tertiary/aromatic N) is 1. The van der Waals surface area contributed by atoms with E-state index < -0.39 is 0 Å². The van der Waals surface area contributed by atoms with Gasteiger partial charge in [0, 0.05) is 11.4 Å². The van der Waals surface area contributed by atoms with Crippen LogP contribution in [0.25, 0.3) is 0 Å². The molecule has 2 nitrogen and oxygen atoms in total. The molecule has 15 heavy (non-hydrogen) atoms. The van der Waals surface area contributed by atoms with Crippen LogP contribution in [0.15, 0.2) is 0 Å². The lowest BCUT2D eigenvalue weighted by Gasteiger charge is -2.04. The average Bonchev–Trinajstić information content (AvgIpc) is 2.71. The Morgan fingerprint density at radius 1 is 1.40 bits per heavy atom. The summed E-state index contributed by atoms with van der Waals surface area (Å²) in [6.45, 7) is 6.60. The summed E-state index contributed by atoms with van der Waals surface area (Å²) in [6, 6.07) is 0. The molecule has 0 saturated heterocycles. The van der Waals surface area contributed by atoms with Crippen LogP contribution in [0.5, 0.6) is 0 Å². The molecule has 1 aromatic heterocycles. The second kappa shape index (κ2) is 5.08. The number of aromatic nitrogens is 1. The fraction of sp³-hybridized carbons (Fsp3) is 0.750.